The Hall–Kier alpha value is -2.04. The molecule has 0 spiro atoms. The second-order valence-electron chi connectivity index (χ2n) is 5.78. The molecule has 2 aliphatic heterocycles. The Kier molecular flexibility index (Phi) is 4.05. The van der Waals surface area contributed by atoms with Crippen molar-refractivity contribution in [1.82, 2.24) is 0 Å². The number of hydrogen-bond donors (Lipinski definition) is 0. The van der Waals surface area contributed by atoms with E-state index in [2.05, 4.69) is 6.92 Å². The van der Waals surface area contributed by atoms with Gasteiger partial charge in [0.2, 0.25) is 0 Å². The maximum Gasteiger partial charge on any atom is 0.350 e. The number of fused-ring (bicyclic) bond motifs is 3. The number of methoxy groups -OCH3 is 1. The average molecular weight is 304 g/mol. The van der Waals surface area contributed by atoms with Gasteiger partial charge in [0.05, 0.1) is 12.7 Å². The molecule has 3 rings (SSSR count). The number of esters is 2. The Morgan fingerprint density at radius 3 is 2.77 bits per heavy atom. The molecule has 0 radical (unpaired) electrons. The fraction of sp³-hybridized carbons (Fsp3) is 0.529. The van der Waals surface area contributed by atoms with E-state index in [1.165, 1.54) is 19.3 Å². The summed E-state index contributed by atoms with van der Waals surface area (Å²) < 4.78 is 16.0. The second-order valence-corrected chi connectivity index (χ2v) is 5.78. The SMILES string of the molecule is CCCCCCC1Cc2c(OC)cc3c(c2O1)C(=O)OC3=O. The summed E-state index contributed by atoms with van der Waals surface area (Å²) in [5, 5.41) is 0. The van der Waals surface area contributed by atoms with Crippen LogP contribution in [0, 0.1) is 0 Å². The van der Waals surface area contributed by atoms with Gasteiger partial charge in [-0.1, -0.05) is 26.2 Å². The highest BCUT2D eigenvalue weighted by atomic mass is 16.6. The molecule has 1 aromatic rings. The third kappa shape index (κ3) is 2.45. The molecule has 0 N–H and O–H groups in total. The summed E-state index contributed by atoms with van der Waals surface area (Å²) >= 11 is 0. The molecule has 0 fully saturated rings. The summed E-state index contributed by atoms with van der Waals surface area (Å²) in [6, 6.07) is 1.59. The van der Waals surface area contributed by atoms with Crippen molar-refractivity contribution in [3.8, 4) is 11.5 Å². The maximum atomic E-state index is 11.9. The predicted molar refractivity (Wildman–Crippen MR) is 79.6 cm³/mol. The van der Waals surface area contributed by atoms with Crippen molar-refractivity contribution < 1.29 is 23.8 Å². The first-order valence-corrected chi connectivity index (χ1v) is 7.82. The summed E-state index contributed by atoms with van der Waals surface area (Å²) in [4.78, 5) is 23.6. The molecule has 1 unspecified atom stereocenters. The van der Waals surface area contributed by atoms with E-state index in [1.807, 2.05) is 0 Å². The molecule has 0 saturated carbocycles. The number of benzene rings is 1. The van der Waals surface area contributed by atoms with Crippen LogP contribution in [0.25, 0.3) is 0 Å². The van der Waals surface area contributed by atoms with Crippen LogP contribution in [-0.4, -0.2) is 25.2 Å². The first-order chi connectivity index (χ1) is 10.7. The van der Waals surface area contributed by atoms with Crippen LogP contribution in [-0.2, 0) is 11.2 Å². The van der Waals surface area contributed by atoms with Gasteiger partial charge in [-0.05, 0) is 18.9 Å². The fourth-order valence-electron chi connectivity index (χ4n) is 3.13. The number of cyclic esters (lactones) is 2. The number of carbonyl (C=O) groups excluding carboxylic acids is 2. The van der Waals surface area contributed by atoms with Crippen LogP contribution in [0.1, 0.15) is 65.3 Å². The van der Waals surface area contributed by atoms with E-state index in [1.54, 1.807) is 13.2 Å². The van der Waals surface area contributed by atoms with Crippen molar-refractivity contribution in [3.05, 3.63) is 22.8 Å². The van der Waals surface area contributed by atoms with E-state index in [0.717, 1.165) is 18.4 Å². The maximum absolute atomic E-state index is 11.9. The molecule has 0 aromatic heterocycles. The zero-order valence-electron chi connectivity index (χ0n) is 12.9. The van der Waals surface area contributed by atoms with Crippen molar-refractivity contribution in [3.63, 3.8) is 0 Å². The highest BCUT2D eigenvalue weighted by Gasteiger charge is 2.40. The Balaban J connectivity index is 1.84. The second kappa shape index (κ2) is 5.99. The average Bonchev–Trinajstić information content (AvgIpc) is 3.04. The predicted octanol–water partition coefficient (Wildman–Crippen LogP) is 3.28. The smallest absolute Gasteiger partial charge is 0.350 e. The van der Waals surface area contributed by atoms with Crippen LogP contribution in [0.4, 0.5) is 0 Å². The van der Waals surface area contributed by atoms with Gasteiger partial charge in [0.25, 0.3) is 0 Å². The van der Waals surface area contributed by atoms with Gasteiger partial charge in [-0.15, -0.1) is 0 Å². The van der Waals surface area contributed by atoms with Crippen LogP contribution in [0.15, 0.2) is 6.07 Å². The zero-order valence-corrected chi connectivity index (χ0v) is 12.9. The lowest BCUT2D eigenvalue weighted by Crippen LogP contribution is -2.13. The van der Waals surface area contributed by atoms with Crippen LogP contribution in [0.5, 0.6) is 11.5 Å². The lowest BCUT2D eigenvalue weighted by atomic mass is 9.99. The van der Waals surface area contributed by atoms with Gasteiger partial charge >= 0.3 is 11.9 Å². The monoisotopic (exact) mass is 304 g/mol. The van der Waals surface area contributed by atoms with Crippen molar-refractivity contribution >= 4 is 11.9 Å². The van der Waals surface area contributed by atoms with Crippen LogP contribution in [0.3, 0.4) is 0 Å². The molecular weight excluding hydrogens is 284 g/mol. The van der Waals surface area contributed by atoms with Crippen molar-refractivity contribution in [2.45, 2.75) is 51.6 Å². The fourth-order valence-corrected chi connectivity index (χ4v) is 3.13. The first kappa shape index (κ1) is 14.9. The van der Waals surface area contributed by atoms with Crippen molar-refractivity contribution in [2.24, 2.45) is 0 Å². The number of unbranched alkanes of at least 4 members (excludes halogenated alkanes) is 3. The minimum atomic E-state index is -0.629. The van der Waals surface area contributed by atoms with Crippen LogP contribution >= 0.6 is 0 Å². The summed E-state index contributed by atoms with van der Waals surface area (Å²) in [5.41, 5.74) is 1.37. The Morgan fingerprint density at radius 2 is 2.05 bits per heavy atom. The highest BCUT2D eigenvalue weighted by Crippen LogP contribution is 2.44. The molecule has 22 heavy (non-hydrogen) atoms. The molecule has 1 atom stereocenters. The van der Waals surface area contributed by atoms with Crippen molar-refractivity contribution in [1.29, 1.82) is 0 Å². The Labute approximate surface area is 129 Å². The van der Waals surface area contributed by atoms with Crippen LogP contribution in [0.2, 0.25) is 0 Å². The third-order valence-corrected chi connectivity index (χ3v) is 4.27. The van der Waals surface area contributed by atoms with Gasteiger partial charge < -0.3 is 14.2 Å². The molecule has 2 aliphatic rings. The van der Waals surface area contributed by atoms with Gasteiger partial charge in [0.15, 0.2) is 0 Å². The largest absolute Gasteiger partial charge is 0.496 e. The zero-order chi connectivity index (χ0) is 15.7. The molecule has 5 heteroatoms. The number of carbonyl (C=O) groups is 2. The van der Waals surface area contributed by atoms with E-state index >= 15 is 0 Å². The van der Waals surface area contributed by atoms with Gasteiger partial charge in [-0.25, -0.2) is 9.59 Å². The van der Waals surface area contributed by atoms with Crippen molar-refractivity contribution in [2.75, 3.05) is 7.11 Å². The lowest BCUT2D eigenvalue weighted by Gasteiger charge is -2.10. The van der Waals surface area contributed by atoms with E-state index in [-0.39, 0.29) is 17.2 Å². The van der Waals surface area contributed by atoms with E-state index < -0.39 is 11.9 Å². The summed E-state index contributed by atoms with van der Waals surface area (Å²) in [6.07, 6.45) is 6.38. The van der Waals surface area contributed by atoms with Gasteiger partial charge in [0.1, 0.15) is 23.2 Å². The van der Waals surface area contributed by atoms with Crippen LogP contribution < -0.4 is 9.47 Å². The Bertz CT molecular complexity index is 620. The summed E-state index contributed by atoms with van der Waals surface area (Å²) in [5.74, 6) is -0.177. The summed E-state index contributed by atoms with van der Waals surface area (Å²) in [7, 11) is 1.55. The standard InChI is InChI=1S/C17H20O5/c1-3-4-5-6-7-10-8-11-13(20-2)9-12-14(15(11)21-10)17(19)22-16(12)18/h9-10H,3-8H2,1-2H3. The quantitative estimate of drug-likeness (QED) is 0.458. The van der Waals surface area contributed by atoms with Gasteiger partial charge in [-0.3, -0.25) is 0 Å². The molecule has 0 aliphatic carbocycles. The molecule has 1 aromatic carbocycles. The molecule has 2 heterocycles. The van der Waals surface area contributed by atoms with Gasteiger partial charge in [0, 0.05) is 12.0 Å². The highest BCUT2D eigenvalue weighted by molar-refractivity contribution is 6.16. The Morgan fingerprint density at radius 1 is 1.23 bits per heavy atom. The number of hydrogen-bond acceptors (Lipinski definition) is 5. The topological polar surface area (TPSA) is 61.8 Å². The normalized spacial score (nSPS) is 18.7. The molecule has 0 saturated heterocycles. The first-order valence-electron chi connectivity index (χ1n) is 7.82. The summed E-state index contributed by atoms with van der Waals surface area (Å²) in [6.45, 7) is 2.18. The van der Waals surface area contributed by atoms with E-state index in [0.29, 0.717) is 17.9 Å². The molecule has 0 bridgehead atoms. The third-order valence-electron chi connectivity index (χ3n) is 4.27. The molecule has 118 valence electrons. The molecule has 0 amide bonds. The minimum absolute atomic E-state index is 0.0377. The lowest BCUT2D eigenvalue weighted by molar-refractivity contribution is 0.0442. The molecule has 5 nitrogen and oxygen atoms in total. The van der Waals surface area contributed by atoms with E-state index in [9.17, 15) is 9.59 Å². The number of ether oxygens (including phenoxy) is 3. The number of rotatable bonds is 6. The van der Waals surface area contributed by atoms with E-state index in [4.69, 9.17) is 14.2 Å². The van der Waals surface area contributed by atoms with Gasteiger partial charge in [-0.2, -0.15) is 0 Å². The molecular formula is C17H20O5. The minimum Gasteiger partial charge on any atom is -0.496 e.